The van der Waals surface area contributed by atoms with Crippen molar-refractivity contribution in [1.29, 1.82) is 0 Å². The third-order valence-electron chi connectivity index (χ3n) is 1.99. The zero-order valence-electron chi connectivity index (χ0n) is 8.53. The third-order valence-corrected chi connectivity index (χ3v) is 2.84. The highest BCUT2D eigenvalue weighted by Crippen LogP contribution is 2.27. The molecule has 86 valence electrons. The Morgan fingerprint density at radius 2 is 2.00 bits per heavy atom. The number of esters is 1. The molecule has 0 bridgehead atoms. The second-order valence-electron chi connectivity index (χ2n) is 3.09. The second kappa shape index (κ2) is 4.75. The summed E-state index contributed by atoms with van der Waals surface area (Å²) in [6.45, 7) is 0. The monoisotopic (exact) mass is 249 g/mol. The lowest BCUT2D eigenvalue weighted by Crippen LogP contribution is -2.07. The number of nitro benzene ring substituents is 1. The van der Waals surface area contributed by atoms with Crippen LogP contribution < -0.4 is 4.74 Å². The molecule has 0 aliphatic carbocycles. The summed E-state index contributed by atoms with van der Waals surface area (Å²) < 4.78 is 4.98. The number of thiophene rings is 1. The third kappa shape index (κ3) is 2.48. The molecule has 0 aliphatic rings. The van der Waals surface area contributed by atoms with Crippen molar-refractivity contribution in [3.05, 3.63) is 56.8 Å². The van der Waals surface area contributed by atoms with E-state index in [9.17, 15) is 14.9 Å². The van der Waals surface area contributed by atoms with Crippen LogP contribution in [0.25, 0.3) is 0 Å². The fourth-order valence-electron chi connectivity index (χ4n) is 1.24. The van der Waals surface area contributed by atoms with Gasteiger partial charge in [-0.15, -0.1) is 11.3 Å². The Hall–Kier alpha value is -2.21. The van der Waals surface area contributed by atoms with E-state index in [1.54, 1.807) is 23.6 Å². The van der Waals surface area contributed by atoms with E-state index >= 15 is 0 Å². The van der Waals surface area contributed by atoms with Gasteiger partial charge < -0.3 is 4.74 Å². The van der Waals surface area contributed by atoms with E-state index in [-0.39, 0.29) is 11.4 Å². The quantitative estimate of drug-likeness (QED) is 0.363. The molecule has 1 aromatic carbocycles. The number of carbonyl (C=O) groups excluding carboxylic acids is 1. The molecule has 0 atom stereocenters. The second-order valence-corrected chi connectivity index (χ2v) is 4.04. The number of nitro groups is 1. The van der Waals surface area contributed by atoms with Gasteiger partial charge in [0.2, 0.25) is 5.75 Å². The van der Waals surface area contributed by atoms with Gasteiger partial charge >= 0.3 is 11.7 Å². The van der Waals surface area contributed by atoms with E-state index in [2.05, 4.69) is 0 Å². The minimum atomic E-state index is -0.589. The predicted octanol–water partition coefficient (Wildman–Crippen LogP) is 2.88. The topological polar surface area (TPSA) is 69.4 Å². The molecule has 0 aliphatic heterocycles. The number of benzene rings is 1. The van der Waals surface area contributed by atoms with Crippen LogP contribution in [0, 0.1) is 10.1 Å². The van der Waals surface area contributed by atoms with Gasteiger partial charge in [0.1, 0.15) is 4.88 Å². The van der Waals surface area contributed by atoms with Crippen molar-refractivity contribution in [3.8, 4) is 5.75 Å². The standard InChI is InChI=1S/C11H7NO4S/c13-11(10-6-3-7-17-10)16-9-5-2-1-4-8(9)12(14)15/h1-7H. The molecule has 0 N–H and O–H groups in total. The van der Waals surface area contributed by atoms with Crippen LogP contribution in [0.5, 0.6) is 5.75 Å². The Morgan fingerprint density at radius 3 is 2.65 bits per heavy atom. The lowest BCUT2D eigenvalue weighted by Gasteiger charge is -2.02. The summed E-state index contributed by atoms with van der Waals surface area (Å²) in [5, 5.41) is 12.4. The molecule has 0 amide bonds. The van der Waals surface area contributed by atoms with Crippen LogP contribution in [0.4, 0.5) is 5.69 Å². The average molecular weight is 249 g/mol. The molecular weight excluding hydrogens is 242 g/mol. The van der Waals surface area contributed by atoms with Crippen molar-refractivity contribution < 1.29 is 14.5 Å². The van der Waals surface area contributed by atoms with E-state index in [4.69, 9.17) is 4.74 Å². The van der Waals surface area contributed by atoms with E-state index in [1.165, 1.54) is 29.5 Å². The van der Waals surface area contributed by atoms with E-state index in [0.29, 0.717) is 4.88 Å². The molecule has 2 rings (SSSR count). The first-order chi connectivity index (χ1) is 8.18. The molecule has 1 aromatic heterocycles. The molecule has 0 radical (unpaired) electrons. The number of hydrogen-bond donors (Lipinski definition) is 0. The summed E-state index contributed by atoms with van der Waals surface area (Å²) in [5.74, 6) is -0.634. The summed E-state index contributed by atoms with van der Waals surface area (Å²) in [4.78, 5) is 22.1. The first-order valence-electron chi connectivity index (χ1n) is 4.67. The Bertz CT molecular complexity index is 550. The van der Waals surface area contributed by atoms with Crippen molar-refractivity contribution >= 4 is 23.0 Å². The molecule has 6 heteroatoms. The minimum absolute atomic E-state index is 0.0455. The Labute approximate surface area is 100 Å². The van der Waals surface area contributed by atoms with Gasteiger partial charge in [-0.2, -0.15) is 0 Å². The summed E-state index contributed by atoms with van der Waals surface area (Å²) >= 11 is 1.22. The van der Waals surface area contributed by atoms with Crippen LogP contribution in [0.1, 0.15) is 9.67 Å². The minimum Gasteiger partial charge on any atom is -0.415 e. The summed E-state index contributed by atoms with van der Waals surface area (Å²) in [7, 11) is 0. The highest BCUT2D eigenvalue weighted by atomic mass is 32.1. The fourth-order valence-corrected chi connectivity index (χ4v) is 1.84. The molecule has 1 heterocycles. The van der Waals surface area contributed by atoms with E-state index < -0.39 is 10.9 Å². The normalized spacial score (nSPS) is 9.88. The molecule has 0 saturated carbocycles. The maximum atomic E-state index is 11.6. The molecule has 0 unspecified atom stereocenters. The van der Waals surface area contributed by atoms with E-state index in [1.807, 2.05) is 0 Å². The summed E-state index contributed by atoms with van der Waals surface area (Å²) in [6.07, 6.45) is 0. The highest BCUT2D eigenvalue weighted by molar-refractivity contribution is 7.12. The lowest BCUT2D eigenvalue weighted by molar-refractivity contribution is -0.385. The van der Waals surface area contributed by atoms with Crippen LogP contribution >= 0.6 is 11.3 Å². The number of nitrogens with zero attached hydrogens (tertiary/aromatic N) is 1. The maximum Gasteiger partial charge on any atom is 0.353 e. The van der Waals surface area contributed by atoms with Gasteiger partial charge in [-0.3, -0.25) is 10.1 Å². The van der Waals surface area contributed by atoms with Crippen LogP contribution in [0.15, 0.2) is 41.8 Å². The number of ether oxygens (including phenoxy) is 1. The lowest BCUT2D eigenvalue weighted by atomic mass is 10.3. The van der Waals surface area contributed by atoms with Crippen LogP contribution in [-0.4, -0.2) is 10.9 Å². The zero-order valence-corrected chi connectivity index (χ0v) is 9.35. The maximum absolute atomic E-state index is 11.6. The molecular formula is C11H7NO4S. The zero-order chi connectivity index (χ0) is 12.3. The van der Waals surface area contributed by atoms with Gasteiger partial charge in [-0.1, -0.05) is 18.2 Å². The molecule has 0 spiro atoms. The Morgan fingerprint density at radius 1 is 1.24 bits per heavy atom. The highest BCUT2D eigenvalue weighted by Gasteiger charge is 2.18. The SMILES string of the molecule is O=C(Oc1ccccc1[N+](=O)[O-])c1cccs1. The molecule has 2 aromatic rings. The number of rotatable bonds is 3. The first-order valence-corrected chi connectivity index (χ1v) is 5.55. The molecule has 5 nitrogen and oxygen atoms in total. The first kappa shape index (κ1) is 11.3. The van der Waals surface area contributed by atoms with Gasteiger partial charge in [0.05, 0.1) is 4.92 Å². The number of carbonyl (C=O) groups is 1. The molecule has 0 fully saturated rings. The van der Waals surface area contributed by atoms with Crippen molar-refractivity contribution in [2.45, 2.75) is 0 Å². The van der Waals surface area contributed by atoms with Gasteiger partial charge in [-0.25, -0.2) is 4.79 Å². The summed E-state index contributed by atoms with van der Waals surface area (Å²) in [5.41, 5.74) is -0.225. The largest absolute Gasteiger partial charge is 0.415 e. The number of para-hydroxylation sites is 2. The molecule has 0 saturated heterocycles. The van der Waals surface area contributed by atoms with Crippen molar-refractivity contribution in [2.24, 2.45) is 0 Å². The summed E-state index contributed by atoms with van der Waals surface area (Å²) in [6, 6.07) is 9.08. The van der Waals surface area contributed by atoms with E-state index in [0.717, 1.165) is 0 Å². The van der Waals surface area contributed by atoms with Crippen LogP contribution in [0.3, 0.4) is 0 Å². The van der Waals surface area contributed by atoms with Crippen molar-refractivity contribution in [1.82, 2.24) is 0 Å². The van der Waals surface area contributed by atoms with Gasteiger partial charge in [0.15, 0.2) is 0 Å². The van der Waals surface area contributed by atoms with Crippen molar-refractivity contribution in [3.63, 3.8) is 0 Å². The number of hydrogen-bond acceptors (Lipinski definition) is 5. The fraction of sp³-hybridized carbons (Fsp3) is 0. The van der Waals surface area contributed by atoms with Crippen LogP contribution in [0.2, 0.25) is 0 Å². The van der Waals surface area contributed by atoms with Crippen LogP contribution in [-0.2, 0) is 0 Å². The predicted molar refractivity (Wildman–Crippen MR) is 62.4 cm³/mol. The van der Waals surface area contributed by atoms with Gasteiger partial charge in [0, 0.05) is 6.07 Å². The average Bonchev–Trinajstić information content (AvgIpc) is 2.83. The van der Waals surface area contributed by atoms with Crippen molar-refractivity contribution in [2.75, 3.05) is 0 Å². The molecule has 17 heavy (non-hydrogen) atoms. The smallest absolute Gasteiger partial charge is 0.353 e. The Balaban J connectivity index is 2.25. The van der Waals surface area contributed by atoms with Gasteiger partial charge in [-0.05, 0) is 17.5 Å². The van der Waals surface area contributed by atoms with Gasteiger partial charge in [0.25, 0.3) is 0 Å². The Kier molecular flexibility index (Phi) is 3.15.